The highest BCUT2D eigenvalue weighted by molar-refractivity contribution is 5.83. The Morgan fingerprint density at radius 2 is 2.12 bits per heavy atom. The standard InChI is InChI=1S/C23H25FN6O3/c1-13-9-16(13)22-26-21(27-33-22)19-20-23(32)29(8-7-28-6-2-3-15(31)11-28)18-10-14(24)4-5-17(18)30(20)12-25-19/h4-5,10,12-13,15-16,31H,2-3,6-9,11H2,1H3. The van der Waals surface area contributed by atoms with E-state index in [1.165, 1.54) is 12.1 Å². The number of aliphatic hydroxyl groups excluding tert-OH is 1. The monoisotopic (exact) mass is 452 g/mol. The number of rotatable bonds is 5. The molecule has 3 atom stereocenters. The van der Waals surface area contributed by atoms with E-state index in [1.54, 1.807) is 21.4 Å². The molecule has 1 saturated heterocycles. The van der Waals surface area contributed by atoms with Crippen LogP contribution in [0.3, 0.4) is 0 Å². The smallest absolute Gasteiger partial charge is 0.277 e. The van der Waals surface area contributed by atoms with Crippen molar-refractivity contribution in [3.05, 3.63) is 46.6 Å². The first-order valence-corrected chi connectivity index (χ1v) is 11.4. The van der Waals surface area contributed by atoms with Gasteiger partial charge in [-0.25, -0.2) is 9.37 Å². The number of aromatic nitrogens is 5. The highest BCUT2D eigenvalue weighted by atomic mass is 19.1. The van der Waals surface area contributed by atoms with Crippen molar-refractivity contribution >= 4 is 16.6 Å². The molecule has 1 saturated carbocycles. The lowest BCUT2D eigenvalue weighted by Gasteiger charge is -2.30. The Balaban J connectivity index is 1.46. The number of benzene rings is 1. The molecule has 1 N–H and O–H groups in total. The van der Waals surface area contributed by atoms with E-state index in [-0.39, 0.29) is 23.4 Å². The molecule has 0 bridgehead atoms. The van der Waals surface area contributed by atoms with Crippen LogP contribution in [0.15, 0.2) is 33.8 Å². The maximum absolute atomic E-state index is 14.2. The molecule has 2 fully saturated rings. The fourth-order valence-corrected chi connectivity index (χ4v) is 4.90. The number of likely N-dealkylation sites (tertiary alicyclic amines) is 1. The molecule has 1 aliphatic heterocycles. The van der Waals surface area contributed by atoms with E-state index >= 15 is 0 Å². The van der Waals surface area contributed by atoms with E-state index < -0.39 is 5.82 Å². The second-order valence-electron chi connectivity index (χ2n) is 9.27. The number of nitrogens with zero attached hydrogens (tertiary/aromatic N) is 6. The fraction of sp³-hybridized carbons (Fsp3) is 0.478. The first-order valence-electron chi connectivity index (χ1n) is 11.4. The molecule has 2 aliphatic rings. The molecule has 0 spiro atoms. The number of imidazole rings is 1. The topological polar surface area (TPSA) is 102 Å². The second-order valence-corrected chi connectivity index (χ2v) is 9.27. The molecule has 4 aromatic rings. The minimum atomic E-state index is -0.412. The van der Waals surface area contributed by atoms with Crippen LogP contribution in [0, 0.1) is 11.7 Å². The predicted octanol–water partition coefficient (Wildman–Crippen LogP) is 2.42. The molecule has 1 aliphatic carbocycles. The Labute approximate surface area is 188 Å². The third kappa shape index (κ3) is 3.53. The summed E-state index contributed by atoms with van der Waals surface area (Å²) in [6.07, 6.45) is 3.92. The quantitative estimate of drug-likeness (QED) is 0.496. The molecule has 1 aromatic carbocycles. The van der Waals surface area contributed by atoms with Gasteiger partial charge in [-0.2, -0.15) is 4.98 Å². The molecule has 4 heterocycles. The van der Waals surface area contributed by atoms with Crippen molar-refractivity contribution in [2.45, 2.75) is 44.8 Å². The van der Waals surface area contributed by atoms with Crippen LogP contribution in [0.5, 0.6) is 0 Å². The van der Waals surface area contributed by atoms with Crippen LogP contribution in [-0.4, -0.2) is 59.8 Å². The van der Waals surface area contributed by atoms with Gasteiger partial charge in [-0.3, -0.25) is 14.1 Å². The summed E-state index contributed by atoms with van der Waals surface area (Å²) in [5.41, 5.74) is 1.57. The van der Waals surface area contributed by atoms with Gasteiger partial charge in [0.1, 0.15) is 23.4 Å². The first-order chi connectivity index (χ1) is 16.0. The Bertz CT molecular complexity index is 1410. The summed E-state index contributed by atoms with van der Waals surface area (Å²) in [5.74, 6) is 1.23. The predicted molar refractivity (Wildman–Crippen MR) is 118 cm³/mol. The molecule has 0 amide bonds. The molecule has 3 aromatic heterocycles. The van der Waals surface area contributed by atoms with Gasteiger partial charge in [0, 0.05) is 25.6 Å². The number of aliphatic hydroxyl groups is 1. The third-order valence-corrected chi connectivity index (χ3v) is 6.90. The lowest BCUT2D eigenvalue weighted by molar-refractivity contribution is 0.0690. The van der Waals surface area contributed by atoms with Crippen molar-refractivity contribution in [2.24, 2.45) is 5.92 Å². The van der Waals surface area contributed by atoms with Crippen molar-refractivity contribution in [1.29, 1.82) is 0 Å². The molecule has 172 valence electrons. The summed E-state index contributed by atoms with van der Waals surface area (Å²) >= 11 is 0. The second kappa shape index (κ2) is 7.74. The summed E-state index contributed by atoms with van der Waals surface area (Å²) < 4.78 is 22.9. The van der Waals surface area contributed by atoms with Gasteiger partial charge in [-0.1, -0.05) is 12.1 Å². The molecule has 33 heavy (non-hydrogen) atoms. The number of halogens is 1. The number of hydrogen-bond acceptors (Lipinski definition) is 7. The fourth-order valence-electron chi connectivity index (χ4n) is 4.90. The van der Waals surface area contributed by atoms with Crippen molar-refractivity contribution in [3.63, 3.8) is 0 Å². The van der Waals surface area contributed by atoms with Crippen molar-refractivity contribution in [1.82, 2.24) is 29.0 Å². The highest BCUT2D eigenvalue weighted by Crippen LogP contribution is 2.46. The zero-order valence-electron chi connectivity index (χ0n) is 18.3. The molecular weight excluding hydrogens is 427 g/mol. The van der Waals surface area contributed by atoms with Crippen LogP contribution >= 0.6 is 0 Å². The van der Waals surface area contributed by atoms with Gasteiger partial charge < -0.3 is 14.2 Å². The van der Waals surface area contributed by atoms with Crippen LogP contribution in [0.2, 0.25) is 0 Å². The van der Waals surface area contributed by atoms with Crippen LogP contribution in [0.25, 0.3) is 28.1 Å². The summed E-state index contributed by atoms with van der Waals surface area (Å²) in [6, 6.07) is 4.40. The molecule has 10 heteroatoms. The van der Waals surface area contributed by atoms with Crippen LogP contribution in [-0.2, 0) is 6.54 Å². The van der Waals surface area contributed by atoms with Gasteiger partial charge in [0.2, 0.25) is 11.7 Å². The largest absolute Gasteiger partial charge is 0.392 e. The van der Waals surface area contributed by atoms with Crippen molar-refractivity contribution in [3.8, 4) is 11.5 Å². The summed E-state index contributed by atoms with van der Waals surface area (Å²) in [5, 5.41) is 14.1. The zero-order chi connectivity index (χ0) is 22.7. The SMILES string of the molecule is CC1CC1c1nc(-c2ncn3c2c(=O)n(CCN2CCCC(O)C2)c2cc(F)ccc23)no1. The Morgan fingerprint density at radius 3 is 2.91 bits per heavy atom. The number of fused-ring (bicyclic) bond motifs is 3. The third-order valence-electron chi connectivity index (χ3n) is 6.90. The summed E-state index contributed by atoms with van der Waals surface area (Å²) in [7, 11) is 0. The Kier molecular flexibility index (Phi) is 4.81. The maximum atomic E-state index is 14.2. The average Bonchev–Trinajstić information content (AvgIpc) is 3.17. The van der Waals surface area contributed by atoms with E-state index in [2.05, 4.69) is 26.9 Å². The minimum Gasteiger partial charge on any atom is -0.392 e. The molecule has 0 radical (unpaired) electrons. The zero-order valence-corrected chi connectivity index (χ0v) is 18.3. The molecule has 9 nitrogen and oxygen atoms in total. The lowest BCUT2D eigenvalue weighted by Crippen LogP contribution is -2.40. The van der Waals surface area contributed by atoms with Gasteiger partial charge in [0.15, 0.2) is 0 Å². The number of hydrogen-bond donors (Lipinski definition) is 1. The van der Waals surface area contributed by atoms with Gasteiger partial charge in [-0.15, -0.1) is 0 Å². The van der Waals surface area contributed by atoms with Gasteiger partial charge in [0.05, 0.1) is 17.1 Å². The van der Waals surface area contributed by atoms with Crippen molar-refractivity contribution < 1.29 is 14.0 Å². The van der Waals surface area contributed by atoms with Crippen LogP contribution < -0.4 is 5.56 Å². The van der Waals surface area contributed by atoms with Gasteiger partial charge in [-0.05, 0) is 49.9 Å². The van der Waals surface area contributed by atoms with Crippen molar-refractivity contribution in [2.75, 3.05) is 19.6 Å². The van der Waals surface area contributed by atoms with E-state index in [9.17, 15) is 14.3 Å². The van der Waals surface area contributed by atoms with E-state index in [0.717, 1.165) is 25.8 Å². The average molecular weight is 452 g/mol. The van der Waals surface area contributed by atoms with Gasteiger partial charge >= 0.3 is 0 Å². The van der Waals surface area contributed by atoms with E-state index in [1.807, 2.05) is 0 Å². The number of piperidine rings is 1. The summed E-state index contributed by atoms with van der Waals surface area (Å²) in [4.78, 5) is 24.8. The summed E-state index contributed by atoms with van der Waals surface area (Å²) in [6.45, 7) is 4.51. The minimum absolute atomic E-state index is 0.264. The Morgan fingerprint density at radius 1 is 1.27 bits per heavy atom. The van der Waals surface area contributed by atoms with Crippen LogP contribution in [0.4, 0.5) is 4.39 Å². The lowest BCUT2D eigenvalue weighted by atomic mass is 10.1. The van der Waals surface area contributed by atoms with E-state index in [4.69, 9.17) is 4.52 Å². The molecular formula is C23H25FN6O3. The normalized spacial score (nSPS) is 23.5. The molecule has 3 unspecified atom stereocenters. The Hall–Kier alpha value is -3.11. The number of β-amino-alcohol motifs (C(OH)–C–C–N with tert-alkyl or cyclic N) is 1. The first kappa shape index (κ1) is 20.5. The highest BCUT2D eigenvalue weighted by Gasteiger charge is 2.39. The van der Waals surface area contributed by atoms with E-state index in [0.29, 0.717) is 53.7 Å². The van der Waals surface area contributed by atoms with Gasteiger partial charge in [0.25, 0.3) is 5.56 Å². The molecule has 6 rings (SSSR count). The maximum Gasteiger partial charge on any atom is 0.277 e. The van der Waals surface area contributed by atoms with Crippen LogP contribution in [0.1, 0.15) is 38.0 Å².